The first-order valence-corrected chi connectivity index (χ1v) is 9.08. The number of carbonyl (C=O) groups excluding carboxylic acids is 2. The van der Waals surface area contributed by atoms with Gasteiger partial charge >= 0.3 is 0 Å². The Balaban J connectivity index is 1.88. The molecule has 2 rings (SSSR count). The van der Waals surface area contributed by atoms with Gasteiger partial charge in [0, 0.05) is 6.04 Å². The summed E-state index contributed by atoms with van der Waals surface area (Å²) >= 11 is 11.8. The van der Waals surface area contributed by atoms with Crippen LogP contribution in [0.15, 0.2) is 18.2 Å². The summed E-state index contributed by atoms with van der Waals surface area (Å²) in [6.07, 6.45) is -0.0653. The first-order valence-electron chi connectivity index (χ1n) is 6.50. The molecule has 0 spiro atoms. The number of rotatable bonds is 4. The third kappa shape index (κ3) is 4.59. The average Bonchev–Trinajstić information content (AvgIpc) is 2.73. The highest BCUT2D eigenvalue weighted by atomic mass is 35.5. The first kappa shape index (κ1) is 17.1. The van der Waals surface area contributed by atoms with Gasteiger partial charge in [0.1, 0.15) is 6.42 Å². The van der Waals surface area contributed by atoms with Crippen molar-refractivity contribution >= 4 is 50.5 Å². The SMILES string of the molecule is O=C(CC(=O)NC1CCS(=O)(=O)C1)Nc1c(Cl)cccc1Cl. The summed E-state index contributed by atoms with van der Waals surface area (Å²) in [6, 6.07) is 4.32. The molecule has 0 bridgehead atoms. The second-order valence-electron chi connectivity index (χ2n) is 4.99. The van der Waals surface area contributed by atoms with Gasteiger partial charge < -0.3 is 10.6 Å². The van der Waals surface area contributed by atoms with Gasteiger partial charge in [-0.3, -0.25) is 9.59 Å². The summed E-state index contributed by atoms with van der Waals surface area (Å²) in [7, 11) is -3.08. The smallest absolute Gasteiger partial charge is 0.233 e. The van der Waals surface area contributed by atoms with E-state index in [1.807, 2.05) is 0 Å². The lowest BCUT2D eigenvalue weighted by Gasteiger charge is -2.12. The van der Waals surface area contributed by atoms with Gasteiger partial charge in [0.25, 0.3) is 0 Å². The molecule has 2 amide bonds. The summed E-state index contributed by atoms with van der Waals surface area (Å²) in [5.74, 6) is -1.15. The normalized spacial score (nSPS) is 19.6. The number of anilines is 1. The van der Waals surface area contributed by atoms with Gasteiger partial charge in [0.2, 0.25) is 11.8 Å². The number of nitrogens with one attached hydrogen (secondary N) is 2. The molecule has 0 aliphatic carbocycles. The highest BCUT2D eigenvalue weighted by Gasteiger charge is 2.29. The minimum absolute atomic E-state index is 0.0549. The molecule has 0 aromatic heterocycles. The maximum atomic E-state index is 11.8. The Labute approximate surface area is 138 Å². The maximum absolute atomic E-state index is 11.8. The van der Waals surface area contributed by atoms with Crippen LogP contribution in [0.1, 0.15) is 12.8 Å². The van der Waals surface area contributed by atoms with Crippen LogP contribution in [0.5, 0.6) is 0 Å². The molecule has 0 radical (unpaired) electrons. The van der Waals surface area contributed by atoms with Gasteiger partial charge in [-0.1, -0.05) is 29.3 Å². The van der Waals surface area contributed by atoms with Crippen LogP contribution in [0.25, 0.3) is 0 Å². The Morgan fingerprint density at radius 3 is 2.36 bits per heavy atom. The van der Waals surface area contributed by atoms with Crippen molar-refractivity contribution in [3.63, 3.8) is 0 Å². The minimum atomic E-state index is -3.08. The lowest BCUT2D eigenvalue weighted by atomic mass is 10.2. The molecule has 2 N–H and O–H groups in total. The molecule has 1 saturated heterocycles. The van der Waals surface area contributed by atoms with Crippen LogP contribution in [-0.4, -0.2) is 37.8 Å². The topological polar surface area (TPSA) is 92.3 Å². The standard InChI is InChI=1S/C13H14Cl2N2O4S/c14-9-2-1-3-10(15)13(9)17-12(19)6-11(18)16-8-4-5-22(20,21)7-8/h1-3,8H,4-7H2,(H,16,18)(H,17,19). The zero-order chi connectivity index (χ0) is 16.3. The Bertz CT molecular complexity index is 686. The van der Waals surface area contributed by atoms with Gasteiger partial charge in [0.15, 0.2) is 9.84 Å². The minimum Gasteiger partial charge on any atom is -0.352 e. The zero-order valence-electron chi connectivity index (χ0n) is 11.4. The molecule has 1 aliphatic rings. The first-order chi connectivity index (χ1) is 10.3. The van der Waals surface area contributed by atoms with Crippen molar-refractivity contribution in [3.8, 4) is 0 Å². The van der Waals surface area contributed by atoms with Gasteiger partial charge in [-0.05, 0) is 18.6 Å². The number of amides is 2. The van der Waals surface area contributed by atoms with E-state index in [0.717, 1.165) is 0 Å². The average molecular weight is 365 g/mol. The van der Waals surface area contributed by atoms with Crippen LogP contribution in [-0.2, 0) is 19.4 Å². The van der Waals surface area contributed by atoms with E-state index in [4.69, 9.17) is 23.2 Å². The fraction of sp³-hybridized carbons (Fsp3) is 0.385. The van der Waals surface area contributed by atoms with Crippen molar-refractivity contribution in [2.75, 3.05) is 16.8 Å². The van der Waals surface area contributed by atoms with Crippen molar-refractivity contribution in [2.45, 2.75) is 18.9 Å². The number of carbonyl (C=O) groups is 2. The Morgan fingerprint density at radius 2 is 1.82 bits per heavy atom. The van der Waals surface area contributed by atoms with E-state index in [9.17, 15) is 18.0 Å². The van der Waals surface area contributed by atoms with Crippen molar-refractivity contribution < 1.29 is 18.0 Å². The molecule has 120 valence electrons. The van der Waals surface area contributed by atoms with E-state index < -0.39 is 34.1 Å². The third-order valence-corrected chi connectivity index (χ3v) is 5.54. The monoisotopic (exact) mass is 364 g/mol. The van der Waals surface area contributed by atoms with Crippen LogP contribution in [0.4, 0.5) is 5.69 Å². The van der Waals surface area contributed by atoms with Gasteiger partial charge in [-0.25, -0.2) is 8.42 Å². The zero-order valence-corrected chi connectivity index (χ0v) is 13.8. The molecule has 1 aromatic carbocycles. The number of hydrogen-bond donors (Lipinski definition) is 2. The Hall–Kier alpha value is -1.31. The van der Waals surface area contributed by atoms with Crippen molar-refractivity contribution in [1.82, 2.24) is 5.32 Å². The van der Waals surface area contributed by atoms with Crippen LogP contribution in [0.3, 0.4) is 0 Å². The van der Waals surface area contributed by atoms with Crippen LogP contribution < -0.4 is 10.6 Å². The van der Waals surface area contributed by atoms with Crippen molar-refractivity contribution in [2.24, 2.45) is 0 Å². The number of sulfone groups is 1. The predicted molar refractivity (Wildman–Crippen MR) is 84.9 cm³/mol. The van der Waals surface area contributed by atoms with E-state index in [-0.39, 0.29) is 27.2 Å². The second-order valence-corrected chi connectivity index (χ2v) is 8.03. The Kier molecular flexibility index (Phi) is 5.31. The number of benzene rings is 1. The molecule has 9 heteroatoms. The van der Waals surface area contributed by atoms with E-state index in [2.05, 4.69) is 10.6 Å². The van der Waals surface area contributed by atoms with E-state index in [1.165, 1.54) is 0 Å². The van der Waals surface area contributed by atoms with E-state index in [0.29, 0.717) is 6.42 Å². The number of halogens is 2. The van der Waals surface area contributed by atoms with Crippen molar-refractivity contribution in [3.05, 3.63) is 28.2 Å². The number of hydrogen-bond acceptors (Lipinski definition) is 4. The van der Waals surface area contributed by atoms with E-state index >= 15 is 0 Å². The summed E-state index contributed by atoms with van der Waals surface area (Å²) in [4.78, 5) is 23.6. The molecule has 1 heterocycles. The summed E-state index contributed by atoms with van der Waals surface area (Å²) in [5.41, 5.74) is 0.243. The highest BCUT2D eigenvalue weighted by molar-refractivity contribution is 7.91. The molecule has 1 atom stereocenters. The van der Waals surface area contributed by atoms with Crippen LogP contribution in [0, 0.1) is 0 Å². The molecular formula is C13H14Cl2N2O4S. The van der Waals surface area contributed by atoms with E-state index in [1.54, 1.807) is 18.2 Å². The highest BCUT2D eigenvalue weighted by Crippen LogP contribution is 2.29. The summed E-state index contributed by atoms with van der Waals surface area (Å²) < 4.78 is 22.6. The second kappa shape index (κ2) is 6.85. The van der Waals surface area contributed by atoms with Gasteiger partial charge in [0.05, 0.1) is 27.2 Å². The molecule has 22 heavy (non-hydrogen) atoms. The Morgan fingerprint density at radius 1 is 1.18 bits per heavy atom. The summed E-state index contributed by atoms with van der Waals surface area (Å²) in [6.45, 7) is 0. The summed E-state index contributed by atoms with van der Waals surface area (Å²) in [5, 5.41) is 5.54. The molecule has 1 aromatic rings. The molecule has 1 aliphatic heterocycles. The molecule has 6 nitrogen and oxygen atoms in total. The molecular weight excluding hydrogens is 351 g/mol. The molecule has 1 unspecified atom stereocenters. The van der Waals surface area contributed by atoms with Gasteiger partial charge in [-0.2, -0.15) is 0 Å². The van der Waals surface area contributed by atoms with Gasteiger partial charge in [-0.15, -0.1) is 0 Å². The largest absolute Gasteiger partial charge is 0.352 e. The number of para-hydroxylation sites is 1. The van der Waals surface area contributed by atoms with Crippen LogP contribution >= 0.6 is 23.2 Å². The lowest BCUT2D eigenvalue weighted by molar-refractivity contribution is -0.127. The van der Waals surface area contributed by atoms with Crippen LogP contribution in [0.2, 0.25) is 10.0 Å². The lowest BCUT2D eigenvalue weighted by Crippen LogP contribution is -2.37. The van der Waals surface area contributed by atoms with Crippen molar-refractivity contribution in [1.29, 1.82) is 0 Å². The maximum Gasteiger partial charge on any atom is 0.233 e. The fourth-order valence-electron chi connectivity index (χ4n) is 2.13. The fourth-order valence-corrected chi connectivity index (χ4v) is 4.30. The quantitative estimate of drug-likeness (QED) is 0.794. The third-order valence-electron chi connectivity index (χ3n) is 3.15. The predicted octanol–water partition coefficient (Wildman–Crippen LogP) is 1.63. The molecule has 1 fully saturated rings. The molecule has 0 saturated carbocycles.